The third-order valence-electron chi connectivity index (χ3n) is 3.26. The second kappa shape index (κ2) is 8.39. The van der Waals surface area contributed by atoms with Gasteiger partial charge in [0.25, 0.3) is 0 Å². The van der Waals surface area contributed by atoms with Gasteiger partial charge in [-0.15, -0.1) is 0 Å². The van der Waals surface area contributed by atoms with Crippen LogP contribution in [0.25, 0.3) is 5.57 Å². The zero-order chi connectivity index (χ0) is 20.0. The quantitative estimate of drug-likeness (QED) is 0.429. The molecule has 0 aliphatic rings. The Morgan fingerprint density at radius 1 is 1.11 bits per heavy atom. The van der Waals surface area contributed by atoms with Crippen LogP contribution in [-0.4, -0.2) is 37.3 Å². The van der Waals surface area contributed by atoms with Gasteiger partial charge in [0.2, 0.25) is 11.8 Å². The van der Waals surface area contributed by atoms with Gasteiger partial charge in [0.1, 0.15) is 23.2 Å². The maximum Gasteiger partial charge on any atom is 0.416 e. The second-order valence-corrected chi connectivity index (χ2v) is 4.95. The summed E-state index contributed by atoms with van der Waals surface area (Å²) in [5.74, 6) is -1.22. The topological polar surface area (TPSA) is 79.8 Å². The minimum Gasteiger partial charge on any atom is -0.503 e. The smallest absolute Gasteiger partial charge is 0.416 e. The van der Waals surface area contributed by atoms with E-state index in [4.69, 9.17) is 14.2 Å². The number of methoxy groups -OCH3 is 3. The van der Waals surface area contributed by atoms with Crippen molar-refractivity contribution in [3.63, 3.8) is 0 Å². The van der Waals surface area contributed by atoms with Crippen LogP contribution in [0.1, 0.15) is 11.1 Å². The lowest BCUT2D eigenvalue weighted by molar-refractivity contribution is -0.137. The summed E-state index contributed by atoms with van der Waals surface area (Å²) in [6.07, 6.45) is -2.41. The zero-order valence-electron chi connectivity index (χ0n) is 14.5. The normalized spacial score (nSPS) is 11.7. The molecule has 0 atom stereocenters. The van der Waals surface area contributed by atoms with Gasteiger partial charge in [-0.3, -0.25) is 0 Å². The fraction of sp³-hybridized carbons (Fsp3) is 0.235. The highest BCUT2D eigenvalue weighted by Gasteiger charge is 2.31. The average molecular weight is 384 g/mol. The Balaban J connectivity index is 2.55. The fourth-order valence-corrected chi connectivity index (χ4v) is 2.10. The zero-order valence-corrected chi connectivity index (χ0v) is 14.5. The highest BCUT2D eigenvalue weighted by atomic mass is 19.4. The summed E-state index contributed by atoms with van der Waals surface area (Å²) in [7, 11) is 3.74. The first-order chi connectivity index (χ1) is 12.8. The number of hydrogen-bond acceptors (Lipinski definition) is 7. The summed E-state index contributed by atoms with van der Waals surface area (Å²) in [6, 6.07) is 4.20. The molecule has 7 nitrogen and oxygen atoms in total. The molecule has 0 aliphatic heterocycles. The van der Waals surface area contributed by atoms with Crippen molar-refractivity contribution in [3.05, 3.63) is 48.0 Å². The molecule has 2 aromatic rings. The predicted octanol–water partition coefficient (Wildman–Crippen LogP) is 3.46. The monoisotopic (exact) mass is 384 g/mol. The molecule has 0 N–H and O–H groups in total. The van der Waals surface area contributed by atoms with E-state index < -0.39 is 17.7 Å². The molecule has 0 unspecified atom stereocenters. The van der Waals surface area contributed by atoms with Crippen LogP contribution in [-0.2, 0) is 20.4 Å². The van der Waals surface area contributed by atoms with Gasteiger partial charge < -0.3 is 18.9 Å². The van der Waals surface area contributed by atoms with E-state index in [1.807, 2.05) is 0 Å². The Morgan fingerprint density at radius 3 is 2.41 bits per heavy atom. The summed E-state index contributed by atoms with van der Waals surface area (Å²) < 4.78 is 58.8. The Labute approximate surface area is 152 Å². The molecule has 0 aliphatic carbocycles. The predicted molar refractivity (Wildman–Crippen MR) is 87.1 cm³/mol. The third-order valence-corrected chi connectivity index (χ3v) is 3.26. The van der Waals surface area contributed by atoms with Crippen LogP contribution in [0.5, 0.6) is 17.5 Å². The molecule has 1 aromatic carbocycles. The maximum absolute atomic E-state index is 12.9. The molecule has 27 heavy (non-hydrogen) atoms. The van der Waals surface area contributed by atoms with Gasteiger partial charge in [0, 0.05) is 0 Å². The Hall–Kier alpha value is -3.30. The standard InChI is InChI=1S/C17H15F3N2O5/c1-24-8-12(16(23)26-3)13-14(25-2)21-9-22-15(13)27-11-6-4-5-10(7-11)17(18,19)20/h4-9H,1-3H3/b12-8-. The molecule has 0 spiro atoms. The highest BCUT2D eigenvalue weighted by molar-refractivity contribution is 6.17. The molecule has 10 heteroatoms. The number of rotatable bonds is 6. The number of carbonyl (C=O) groups excluding carboxylic acids is 1. The van der Waals surface area contributed by atoms with Gasteiger partial charge in [0.15, 0.2) is 0 Å². The molecule has 1 heterocycles. The van der Waals surface area contributed by atoms with Gasteiger partial charge in [-0.2, -0.15) is 13.2 Å². The number of nitrogens with zero attached hydrogens (tertiary/aromatic N) is 2. The van der Waals surface area contributed by atoms with Crippen LogP contribution in [0, 0.1) is 0 Å². The van der Waals surface area contributed by atoms with Crippen LogP contribution in [0.15, 0.2) is 36.9 Å². The summed E-state index contributed by atoms with van der Waals surface area (Å²) in [5.41, 5.74) is -1.08. The van der Waals surface area contributed by atoms with Crippen LogP contribution in [0.4, 0.5) is 13.2 Å². The summed E-state index contributed by atoms with van der Waals surface area (Å²) in [4.78, 5) is 19.8. The van der Waals surface area contributed by atoms with E-state index in [0.29, 0.717) is 0 Å². The lowest BCUT2D eigenvalue weighted by Gasteiger charge is -2.14. The van der Waals surface area contributed by atoms with Gasteiger partial charge in [-0.25, -0.2) is 14.8 Å². The van der Waals surface area contributed by atoms with Gasteiger partial charge in [-0.05, 0) is 18.2 Å². The Morgan fingerprint density at radius 2 is 1.81 bits per heavy atom. The first-order valence-corrected chi connectivity index (χ1v) is 7.37. The van der Waals surface area contributed by atoms with Crippen molar-refractivity contribution in [1.29, 1.82) is 0 Å². The van der Waals surface area contributed by atoms with E-state index in [1.54, 1.807) is 0 Å². The molecular weight excluding hydrogens is 369 g/mol. The average Bonchev–Trinajstić information content (AvgIpc) is 2.65. The number of hydrogen-bond donors (Lipinski definition) is 0. The first-order valence-electron chi connectivity index (χ1n) is 7.37. The number of halogens is 3. The van der Waals surface area contributed by atoms with Crippen LogP contribution in [0.2, 0.25) is 0 Å². The number of alkyl halides is 3. The molecule has 144 valence electrons. The Bertz CT molecular complexity index is 853. The minimum atomic E-state index is -4.54. The largest absolute Gasteiger partial charge is 0.503 e. The Kier molecular flexibility index (Phi) is 6.22. The van der Waals surface area contributed by atoms with E-state index in [9.17, 15) is 18.0 Å². The van der Waals surface area contributed by atoms with Crippen LogP contribution < -0.4 is 9.47 Å². The number of carbonyl (C=O) groups is 1. The van der Waals surface area contributed by atoms with Gasteiger partial charge in [-0.1, -0.05) is 6.07 Å². The highest BCUT2D eigenvalue weighted by Crippen LogP contribution is 2.36. The lowest BCUT2D eigenvalue weighted by Crippen LogP contribution is -2.09. The van der Waals surface area contributed by atoms with E-state index in [0.717, 1.165) is 31.8 Å². The molecule has 0 amide bonds. The minimum absolute atomic E-state index is 0.0360. The van der Waals surface area contributed by atoms with Crippen molar-refractivity contribution in [2.24, 2.45) is 0 Å². The van der Waals surface area contributed by atoms with Crippen molar-refractivity contribution in [3.8, 4) is 17.5 Å². The first kappa shape index (κ1) is 20.0. The maximum atomic E-state index is 12.9. The summed E-state index contributed by atoms with van der Waals surface area (Å²) in [5, 5.41) is 0. The number of aromatic nitrogens is 2. The molecule has 0 saturated heterocycles. The van der Waals surface area contributed by atoms with Crippen LogP contribution >= 0.6 is 0 Å². The van der Waals surface area contributed by atoms with E-state index in [-0.39, 0.29) is 28.6 Å². The molecule has 0 bridgehead atoms. The molecule has 0 fully saturated rings. The molecular formula is C17H15F3N2O5. The van der Waals surface area contributed by atoms with E-state index in [1.165, 1.54) is 26.4 Å². The van der Waals surface area contributed by atoms with Crippen molar-refractivity contribution >= 4 is 11.5 Å². The summed E-state index contributed by atoms with van der Waals surface area (Å²) >= 11 is 0. The van der Waals surface area contributed by atoms with Crippen molar-refractivity contribution in [1.82, 2.24) is 9.97 Å². The van der Waals surface area contributed by atoms with Crippen molar-refractivity contribution in [2.75, 3.05) is 21.3 Å². The van der Waals surface area contributed by atoms with E-state index in [2.05, 4.69) is 14.7 Å². The number of ether oxygens (including phenoxy) is 4. The molecule has 0 saturated carbocycles. The lowest BCUT2D eigenvalue weighted by atomic mass is 10.1. The fourth-order valence-electron chi connectivity index (χ4n) is 2.10. The number of esters is 1. The van der Waals surface area contributed by atoms with Gasteiger partial charge >= 0.3 is 12.1 Å². The van der Waals surface area contributed by atoms with Crippen molar-refractivity contribution < 1.29 is 36.9 Å². The van der Waals surface area contributed by atoms with Crippen LogP contribution in [0.3, 0.4) is 0 Å². The van der Waals surface area contributed by atoms with Crippen molar-refractivity contribution in [2.45, 2.75) is 6.18 Å². The molecule has 0 radical (unpaired) electrons. The van der Waals surface area contributed by atoms with Gasteiger partial charge in [0.05, 0.1) is 33.2 Å². The third kappa shape index (κ3) is 4.66. The number of benzene rings is 1. The van der Waals surface area contributed by atoms with E-state index >= 15 is 0 Å². The second-order valence-electron chi connectivity index (χ2n) is 4.95. The summed E-state index contributed by atoms with van der Waals surface area (Å²) in [6.45, 7) is 0. The SMILES string of the molecule is CO/C=C(\C(=O)OC)c1c(OC)ncnc1Oc1cccc(C(F)(F)F)c1. The molecule has 1 aromatic heterocycles. The molecule has 2 rings (SSSR count).